The van der Waals surface area contributed by atoms with Crippen LogP contribution in [0.2, 0.25) is 0 Å². The van der Waals surface area contributed by atoms with E-state index in [9.17, 15) is 4.79 Å². The molecule has 1 atom stereocenters. The topological polar surface area (TPSA) is 63.2 Å². The van der Waals surface area contributed by atoms with Gasteiger partial charge in [0.2, 0.25) is 5.91 Å². The molecule has 100 valence electrons. The zero-order valence-corrected chi connectivity index (χ0v) is 11.2. The van der Waals surface area contributed by atoms with Crippen molar-refractivity contribution in [3.63, 3.8) is 0 Å². The van der Waals surface area contributed by atoms with Crippen molar-refractivity contribution < 1.29 is 9.53 Å². The molecule has 0 saturated heterocycles. The molecule has 0 aliphatic carbocycles. The summed E-state index contributed by atoms with van der Waals surface area (Å²) in [6.45, 7) is 5.41. The third kappa shape index (κ3) is 5.25. The minimum Gasteiger partial charge on any atom is -0.383 e. The molecule has 0 fully saturated rings. The Kier molecular flexibility index (Phi) is 6.32. The van der Waals surface area contributed by atoms with E-state index in [1.165, 1.54) is 0 Å². The van der Waals surface area contributed by atoms with E-state index >= 15 is 0 Å². The summed E-state index contributed by atoms with van der Waals surface area (Å²) in [4.78, 5) is 15.6. The lowest BCUT2D eigenvalue weighted by Crippen LogP contribution is -2.40. The molecular formula is C13H21N3O2. The number of hydrogen-bond acceptors (Lipinski definition) is 4. The van der Waals surface area contributed by atoms with Gasteiger partial charge in [-0.2, -0.15) is 0 Å². The van der Waals surface area contributed by atoms with Gasteiger partial charge >= 0.3 is 0 Å². The molecule has 1 rings (SSSR count). The first kappa shape index (κ1) is 14.6. The average Bonchev–Trinajstić information content (AvgIpc) is 2.31. The molecule has 1 aromatic heterocycles. The Bertz CT molecular complexity index is 382. The van der Waals surface area contributed by atoms with Gasteiger partial charge in [0.05, 0.1) is 13.2 Å². The lowest BCUT2D eigenvalue weighted by molar-refractivity contribution is -0.121. The summed E-state index contributed by atoms with van der Waals surface area (Å²) in [5, 5.41) is 5.95. The van der Waals surface area contributed by atoms with Crippen molar-refractivity contribution in [2.45, 2.75) is 26.4 Å². The maximum absolute atomic E-state index is 11.6. The molecule has 1 heterocycles. The summed E-state index contributed by atoms with van der Waals surface area (Å²) in [7, 11) is 1.62. The second kappa shape index (κ2) is 7.79. The lowest BCUT2D eigenvalue weighted by Gasteiger charge is -2.13. The van der Waals surface area contributed by atoms with Gasteiger partial charge in [0, 0.05) is 32.1 Å². The van der Waals surface area contributed by atoms with Gasteiger partial charge in [-0.3, -0.25) is 9.78 Å². The largest absolute Gasteiger partial charge is 0.383 e. The molecule has 0 saturated carbocycles. The highest BCUT2D eigenvalue weighted by molar-refractivity contribution is 5.78. The minimum absolute atomic E-state index is 0.0220. The second-order valence-corrected chi connectivity index (χ2v) is 4.33. The molecule has 1 aromatic rings. The van der Waals surface area contributed by atoms with Crippen molar-refractivity contribution >= 4 is 5.91 Å². The van der Waals surface area contributed by atoms with E-state index in [4.69, 9.17) is 4.74 Å². The fraction of sp³-hybridized carbons (Fsp3) is 0.538. The van der Waals surface area contributed by atoms with Gasteiger partial charge in [-0.1, -0.05) is 0 Å². The van der Waals surface area contributed by atoms with Gasteiger partial charge in [0.1, 0.15) is 0 Å². The van der Waals surface area contributed by atoms with Gasteiger partial charge in [0.15, 0.2) is 0 Å². The summed E-state index contributed by atoms with van der Waals surface area (Å²) in [5.74, 6) is -0.0220. The summed E-state index contributed by atoms with van der Waals surface area (Å²) in [6.07, 6.45) is 3.57. The normalized spacial score (nSPS) is 12.2. The van der Waals surface area contributed by atoms with Crippen molar-refractivity contribution in [1.29, 1.82) is 0 Å². The number of hydrogen-bond donors (Lipinski definition) is 2. The predicted octanol–water partition coefficient (Wildman–Crippen LogP) is 0.631. The highest BCUT2D eigenvalue weighted by Crippen LogP contribution is 2.03. The molecule has 0 radical (unpaired) electrons. The molecular weight excluding hydrogens is 230 g/mol. The number of rotatable bonds is 7. The number of carbonyl (C=O) groups is 1. The molecule has 0 bridgehead atoms. The Morgan fingerprint density at radius 1 is 1.56 bits per heavy atom. The quantitative estimate of drug-likeness (QED) is 0.746. The number of pyridine rings is 1. The fourth-order valence-corrected chi connectivity index (χ4v) is 1.63. The molecule has 0 aliphatic heterocycles. The second-order valence-electron chi connectivity index (χ2n) is 4.33. The first-order valence-electron chi connectivity index (χ1n) is 6.02. The summed E-state index contributed by atoms with van der Waals surface area (Å²) < 4.78 is 4.95. The minimum atomic E-state index is -0.0220. The maximum Gasteiger partial charge on any atom is 0.234 e. The van der Waals surface area contributed by atoms with Crippen molar-refractivity contribution in [1.82, 2.24) is 15.6 Å². The molecule has 1 amide bonds. The zero-order chi connectivity index (χ0) is 13.4. The lowest BCUT2D eigenvalue weighted by atomic mass is 10.1. The average molecular weight is 251 g/mol. The smallest absolute Gasteiger partial charge is 0.234 e. The van der Waals surface area contributed by atoms with Crippen molar-refractivity contribution in [2.75, 3.05) is 20.3 Å². The fourth-order valence-electron chi connectivity index (χ4n) is 1.63. The van der Waals surface area contributed by atoms with Crippen LogP contribution < -0.4 is 10.6 Å². The molecule has 5 nitrogen and oxygen atoms in total. The van der Waals surface area contributed by atoms with Gasteiger partial charge in [-0.15, -0.1) is 0 Å². The highest BCUT2D eigenvalue weighted by atomic mass is 16.5. The highest BCUT2D eigenvalue weighted by Gasteiger charge is 2.06. The molecule has 2 N–H and O–H groups in total. The monoisotopic (exact) mass is 251 g/mol. The number of amides is 1. The third-order valence-electron chi connectivity index (χ3n) is 2.56. The van der Waals surface area contributed by atoms with E-state index in [1.54, 1.807) is 13.3 Å². The molecule has 1 unspecified atom stereocenters. The molecule has 0 spiro atoms. The van der Waals surface area contributed by atoms with E-state index in [-0.39, 0.29) is 11.9 Å². The Hall–Kier alpha value is -1.46. The molecule has 5 heteroatoms. The number of carbonyl (C=O) groups excluding carboxylic acids is 1. The number of nitrogens with zero attached hydrogens (tertiary/aromatic N) is 1. The summed E-state index contributed by atoms with van der Waals surface area (Å²) >= 11 is 0. The number of aryl methyl sites for hydroxylation is 1. The van der Waals surface area contributed by atoms with Crippen LogP contribution >= 0.6 is 0 Å². The number of nitrogens with one attached hydrogen (secondary N) is 2. The first-order valence-corrected chi connectivity index (χ1v) is 6.02. The molecule has 0 aromatic carbocycles. The van der Waals surface area contributed by atoms with E-state index in [0.717, 1.165) is 11.1 Å². The SMILES string of the molecule is COCC(C)NC(=O)CNCc1ccncc1C. The van der Waals surface area contributed by atoms with Crippen LogP contribution in [0.4, 0.5) is 0 Å². The molecule has 0 aliphatic rings. The Morgan fingerprint density at radius 3 is 3.00 bits per heavy atom. The van der Waals surface area contributed by atoms with E-state index in [0.29, 0.717) is 19.7 Å². The Morgan fingerprint density at radius 2 is 2.33 bits per heavy atom. The van der Waals surface area contributed by atoms with Crippen LogP contribution in [0.25, 0.3) is 0 Å². The van der Waals surface area contributed by atoms with Gasteiger partial charge in [-0.25, -0.2) is 0 Å². The zero-order valence-electron chi connectivity index (χ0n) is 11.2. The first-order chi connectivity index (χ1) is 8.63. The van der Waals surface area contributed by atoms with Crippen LogP contribution in [0.1, 0.15) is 18.1 Å². The number of methoxy groups -OCH3 is 1. The van der Waals surface area contributed by atoms with Crippen LogP contribution in [0.5, 0.6) is 0 Å². The van der Waals surface area contributed by atoms with E-state index in [2.05, 4.69) is 15.6 Å². The summed E-state index contributed by atoms with van der Waals surface area (Å²) in [5.41, 5.74) is 2.28. The van der Waals surface area contributed by atoms with Crippen LogP contribution in [-0.2, 0) is 16.1 Å². The number of ether oxygens (including phenoxy) is 1. The maximum atomic E-state index is 11.6. The van der Waals surface area contributed by atoms with E-state index < -0.39 is 0 Å². The Balaban J connectivity index is 2.25. The van der Waals surface area contributed by atoms with Crippen LogP contribution in [0.15, 0.2) is 18.5 Å². The predicted molar refractivity (Wildman–Crippen MR) is 70.2 cm³/mol. The van der Waals surface area contributed by atoms with Crippen molar-refractivity contribution in [3.05, 3.63) is 29.6 Å². The standard InChI is InChI=1S/C13H21N3O2/c1-10-6-14-5-4-12(10)7-15-8-13(17)16-11(2)9-18-3/h4-6,11,15H,7-9H2,1-3H3,(H,16,17). The summed E-state index contributed by atoms with van der Waals surface area (Å²) in [6, 6.07) is 1.99. The third-order valence-corrected chi connectivity index (χ3v) is 2.56. The van der Waals surface area contributed by atoms with E-state index in [1.807, 2.05) is 26.1 Å². The van der Waals surface area contributed by atoms with Crippen LogP contribution in [-0.4, -0.2) is 37.2 Å². The van der Waals surface area contributed by atoms with Crippen molar-refractivity contribution in [2.24, 2.45) is 0 Å². The molecule has 18 heavy (non-hydrogen) atoms. The van der Waals surface area contributed by atoms with Crippen LogP contribution in [0.3, 0.4) is 0 Å². The van der Waals surface area contributed by atoms with Crippen LogP contribution in [0, 0.1) is 6.92 Å². The van der Waals surface area contributed by atoms with Gasteiger partial charge in [0.25, 0.3) is 0 Å². The van der Waals surface area contributed by atoms with Crippen molar-refractivity contribution in [3.8, 4) is 0 Å². The van der Waals surface area contributed by atoms with Gasteiger partial charge in [-0.05, 0) is 31.0 Å². The Labute approximate surface area is 108 Å². The number of aromatic nitrogens is 1. The van der Waals surface area contributed by atoms with Gasteiger partial charge < -0.3 is 15.4 Å².